The van der Waals surface area contributed by atoms with Crippen LogP contribution >= 0.6 is 0 Å². The fourth-order valence-corrected chi connectivity index (χ4v) is 0.975. The van der Waals surface area contributed by atoms with E-state index < -0.39 is 48.6 Å². The molecular weight excluding hydrogens is 341 g/mol. The van der Waals surface area contributed by atoms with Gasteiger partial charge in [-0.05, 0) is 20.3 Å². The van der Waals surface area contributed by atoms with Gasteiger partial charge in [0.1, 0.15) is 0 Å². The van der Waals surface area contributed by atoms with E-state index in [1.165, 1.54) is 13.8 Å². The highest BCUT2D eigenvalue weighted by Crippen LogP contribution is 2.46. The Hall–Kier alpha value is -1.55. The van der Waals surface area contributed by atoms with E-state index in [0.29, 0.717) is 6.42 Å². The second-order valence-electron chi connectivity index (χ2n) is 5.25. The summed E-state index contributed by atoms with van der Waals surface area (Å²) in [5.74, 6) is -14.6. The zero-order chi connectivity index (χ0) is 18.7. The van der Waals surface area contributed by atoms with E-state index in [2.05, 4.69) is 9.47 Å². The van der Waals surface area contributed by atoms with Crippen LogP contribution in [0.25, 0.3) is 0 Å². The molecule has 0 aromatic heterocycles. The largest absolute Gasteiger partial charge is 0.460 e. The Morgan fingerprint density at radius 2 is 1.39 bits per heavy atom. The first kappa shape index (κ1) is 21.4. The highest BCUT2D eigenvalue weighted by atomic mass is 19.4. The average Bonchev–Trinajstić information content (AvgIpc) is 2.40. The molecule has 0 aromatic rings. The Morgan fingerprint density at radius 3 is 1.78 bits per heavy atom. The zero-order valence-electron chi connectivity index (χ0n) is 12.4. The van der Waals surface area contributed by atoms with Crippen molar-refractivity contribution in [3.8, 4) is 0 Å². The molecule has 0 aliphatic rings. The molecule has 4 nitrogen and oxygen atoms in total. The molecule has 0 aliphatic carbocycles. The van der Waals surface area contributed by atoms with Gasteiger partial charge in [-0.25, -0.2) is 4.79 Å². The Bertz CT molecular complexity index is 443. The number of ether oxygens (including phenoxy) is 2. The number of hydrogen-bond acceptors (Lipinski definition) is 4. The average molecular weight is 356 g/mol. The van der Waals surface area contributed by atoms with Gasteiger partial charge in [0.2, 0.25) is 0 Å². The Balaban J connectivity index is 4.58. The molecule has 23 heavy (non-hydrogen) atoms. The summed E-state index contributed by atoms with van der Waals surface area (Å²) in [5, 5.41) is 0. The van der Waals surface area contributed by atoms with Gasteiger partial charge in [0.25, 0.3) is 0 Å². The van der Waals surface area contributed by atoms with Crippen LogP contribution in [0.15, 0.2) is 0 Å². The second kappa shape index (κ2) is 6.91. The van der Waals surface area contributed by atoms with Gasteiger partial charge in [-0.3, -0.25) is 4.79 Å². The molecule has 0 atom stereocenters. The molecule has 0 heterocycles. The van der Waals surface area contributed by atoms with Gasteiger partial charge in [-0.15, -0.1) is 0 Å². The van der Waals surface area contributed by atoms with Crippen molar-refractivity contribution in [2.75, 3.05) is 13.2 Å². The van der Waals surface area contributed by atoms with E-state index in [-0.39, 0.29) is 0 Å². The second-order valence-corrected chi connectivity index (χ2v) is 5.25. The van der Waals surface area contributed by atoms with Crippen LogP contribution in [0.4, 0.5) is 30.7 Å². The van der Waals surface area contributed by atoms with Crippen molar-refractivity contribution < 1.29 is 49.8 Å². The molecule has 0 aromatic carbocycles. The maximum atomic E-state index is 12.8. The van der Waals surface area contributed by atoms with Gasteiger partial charge in [0, 0.05) is 0 Å². The van der Waals surface area contributed by atoms with Crippen LogP contribution in [-0.4, -0.2) is 43.2 Å². The number of carbonyl (C=O) groups is 2. The quantitative estimate of drug-likeness (QED) is 0.519. The highest BCUT2D eigenvalue weighted by molar-refractivity contribution is 5.79. The predicted octanol–water partition coefficient (Wildman–Crippen LogP) is 3.34. The standard InChI is InChI=1S/C12H15F7O4/c1-4-9(2,3)8(21)22-5-7(20)23-6-10(13,14)11(15,16)12(17,18)19/h4-6H2,1-3H3. The molecule has 0 radical (unpaired) electrons. The summed E-state index contributed by atoms with van der Waals surface area (Å²) in [6.07, 6.45) is -6.20. The molecule has 0 saturated carbocycles. The number of halogens is 7. The normalized spacial score (nSPS) is 13.7. The summed E-state index contributed by atoms with van der Waals surface area (Å²) in [6.45, 7) is 0.847. The van der Waals surface area contributed by atoms with Gasteiger partial charge in [-0.2, -0.15) is 30.7 Å². The van der Waals surface area contributed by atoms with Crippen molar-refractivity contribution in [1.29, 1.82) is 0 Å². The lowest BCUT2D eigenvalue weighted by atomic mass is 9.91. The van der Waals surface area contributed by atoms with E-state index in [0.717, 1.165) is 0 Å². The Morgan fingerprint density at radius 1 is 0.913 bits per heavy atom. The van der Waals surface area contributed by atoms with Gasteiger partial charge in [0.15, 0.2) is 13.2 Å². The van der Waals surface area contributed by atoms with E-state index >= 15 is 0 Å². The zero-order valence-corrected chi connectivity index (χ0v) is 12.4. The van der Waals surface area contributed by atoms with Crippen LogP contribution in [0.5, 0.6) is 0 Å². The van der Waals surface area contributed by atoms with Crippen molar-refractivity contribution >= 4 is 11.9 Å². The van der Waals surface area contributed by atoms with Gasteiger partial charge >= 0.3 is 30.0 Å². The summed E-state index contributed by atoms with van der Waals surface area (Å²) in [6, 6.07) is 0. The van der Waals surface area contributed by atoms with Crippen molar-refractivity contribution in [2.24, 2.45) is 5.41 Å². The Kier molecular flexibility index (Phi) is 6.45. The molecule has 0 unspecified atom stereocenters. The number of esters is 2. The molecule has 0 amide bonds. The van der Waals surface area contributed by atoms with Crippen molar-refractivity contribution in [1.82, 2.24) is 0 Å². The third-order valence-corrected chi connectivity index (χ3v) is 2.99. The van der Waals surface area contributed by atoms with Crippen LogP contribution in [0.3, 0.4) is 0 Å². The van der Waals surface area contributed by atoms with Crippen LogP contribution in [-0.2, 0) is 19.1 Å². The fraction of sp³-hybridized carbons (Fsp3) is 0.833. The smallest absolute Gasteiger partial charge is 0.456 e. The van der Waals surface area contributed by atoms with E-state index in [1.54, 1.807) is 6.92 Å². The number of carbonyl (C=O) groups excluding carboxylic acids is 2. The fourth-order valence-electron chi connectivity index (χ4n) is 0.975. The van der Waals surface area contributed by atoms with E-state index in [1.807, 2.05) is 0 Å². The van der Waals surface area contributed by atoms with Crippen LogP contribution in [0, 0.1) is 5.41 Å². The van der Waals surface area contributed by atoms with Gasteiger partial charge in [0.05, 0.1) is 5.41 Å². The highest BCUT2D eigenvalue weighted by Gasteiger charge is 2.73. The molecule has 0 N–H and O–H groups in total. The van der Waals surface area contributed by atoms with Crippen LogP contribution in [0.1, 0.15) is 27.2 Å². The first-order valence-electron chi connectivity index (χ1n) is 6.23. The SMILES string of the molecule is CCC(C)(C)C(=O)OCC(=O)OCC(F)(F)C(F)(F)C(F)(F)F. The van der Waals surface area contributed by atoms with Crippen molar-refractivity contribution in [3.63, 3.8) is 0 Å². The molecule has 0 spiro atoms. The molecule has 0 rings (SSSR count). The lowest BCUT2D eigenvalue weighted by Gasteiger charge is -2.27. The summed E-state index contributed by atoms with van der Waals surface area (Å²) in [5.41, 5.74) is -0.993. The van der Waals surface area contributed by atoms with Crippen molar-refractivity contribution in [3.05, 3.63) is 0 Å². The molecule has 11 heteroatoms. The minimum absolute atomic E-state index is 0.316. The summed E-state index contributed by atoms with van der Waals surface area (Å²) in [4.78, 5) is 22.5. The number of hydrogen-bond donors (Lipinski definition) is 0. The maximum Gasteiger partial charge on any atom is 0.460 e. The van der Waals surface area contributed by atoms with Gasteiger partial charge < -0.3 is 9.47 Å². The lowest BCUT2D eigenvalue weighted by molar-refractivity contribution is -0.359. The maximum absolute atomic E-state index is 12.8. The molecular formula is C12H15F7O4. The topological polar surface area (TPSA) is 52.6 Å². The van der Waals surface area contributed by atoms with Crippen LogP contribution < -0.4 is 0 Å². The minimum atomic E-state index is -6.51. The summed E-state index contributed by atoms with van der Waals surface area (Å²) in [7, 11) is 0. The van der Waals surface area contributed by atoms with Gasteiger partial charge in [-0.1, -0.05) is 6.92 Å². The first-order chi connectivity index (χ1) is 10.1. The van der Waals surface area contributed by atoms with Crippen molar-refractivity contribution in [2.45, 2.75) is 45.2 Å². The molecule has 0 saturated heterocycles. The summed E-state index contributed by atoms with van der Waals surface area (Å²) < 4.78 is 94.3. The molecule has 0 aliphatic heterocycles. The monoisotopic (exact) mass is 356 g/mol. The van der Waals surface area contributed by atoms with E-state index in [9.17, 15) is 40.3 Å². The third-order valence-electron chi connectivity index (χ3n) is 2.99. The number of rotatable bonds is 7. The predicted molar refractivity (Wildman–Crippen MR) is 61.9 cm³/mol. The lowest BCUT2D eigenvalue weighted by Crippen LogP contribution is -2.54. The van der Waals surface area contributed by atoms with Crippen LogP contribution in [0.2, 0.25) is 0 Å². The minimum Gasteiger partial charge on any atom is -0.456 e. The number of alkyl halides is 7. The Labute approximate surface area is 126 Å². The van der Waals surface area contributed by atoms with E-state index in [4.69, 9.17) is 0 Å². The molecule has 0 fully saturated rings. The first-order valence-corrected chi connectivity index (χ1v) is 6.23. The molecule has 136 valence electrons. The third kappa shape index (κ3) is 5.24. The molecule has 0 bridgehead atoms. The summed E-state index contributed by atoms with van der Waals surface area (Å²) >= 11 is 0.